The normalized spacial score (nSPS) is 15.0. The van der Waals surface area contributed by atoms with Gasteiger partial charge in [0.1, 0.15) is 41.7 Å². The van der Waals surface area contributed by atoms with Gasteiger partial charge in [0.05, 0.1) is 6.54 Å². The Morgan fingerprint density at radius 1 is 1.23 bits per heavy atom. The van der Waals surface area contributed by atoms with Crippen LogP contribution in [0.4, 0.5) is 8.78 Å². The fourth-order valence-electron chi connectivity index (χ4n) is 3.67. The standard InChI is InChI=1S/C22H22F2N4O2/c1-12-6-15(4-5-20(12)24)19-9-17(23)7-16-8-18(30-22(16)19)10-25-21(29)11-28-14(3)26-13(2)27-28/h4-7,9,18H,8,10-11H2,1-3H3,(H,25,29)/t18-/m0/s1. The van der Waals surface area contributed by atoms with Crippen molar-refractivity contribution in [2.75, 3.05) is 6.54 Å². The number of hydrogen-bond donors (Lipinski definition) is 1. The molecule has 4 rings (SSSR count). The van der Waals surface area contributed by atoms with Crippen molar-refractivity contribution < 1.29 is 18.3 Å². The summed E-state index contributed by atoms with van der Waals surface area (Å²) >= 11 is 0. The van der Waals surface area contributed by atoms with Crippen LogP contribution in [0, 0.1) is 32.4 Å². The Labute approximate surface area is 172 Å². The van der Waals surface area contributed by atoms with Gasteiger partial charge in [0.2, 0.25) is 5.91 Å². The third-order valence-electron chi connectivity index (χ3n) is 5.11. The molecule has 3 aromatic rings. The second kappa shape index (κ2) is 7.85. The lowest BCUT2D eigenvalue weighted by molar-refractivity contribution is -0.122. The fraction of sp³-hybridized carbons (Fsp3) is 0.318. The van der Waals surface area contributed by atoms with Crippen LogP contribution in [0.25, 0.3) is 11.1 Å². The fourth-order valence-corrected chi connectivity index (χ4v) is 3.67. The van der Waals surface area contributed by atoms with Crippen LogP contribution in [0.2, 0.25) is 0 Å². The molecule has 1 aliphatic rings. The molecule has 0 radical (unpaired) electrons. The van der Waals surface area contributed by atoms with Gasteiger partial charge in [-0.25, -0.2) is 18.4 Å². The van der Waals surface area contributed by atoms with Crippen LogP contribution in [0.15, 0.2) is 30.3 Å². The lowest BCUT2D eigenvalue weighted by atomic mass is 9.99. The first-order valence-corrected chi connectivity index (χ1v) is 9.70. The third-order valence-corrected chi connectivity index (χ3v) is 5.11. The van der Waals surface area contributed by atoms with Crippen molar-refractivity contribution >= 4 is 5.91 Å². The van der Waals surface area contributed by atoms with Gasteiger partial charge in [0, 0.05) is 17.5 Å². The molecule has 0 saturated heterocycles. The van der Waals surface area contributed by atoms with Crippen molar-refractivity contribution in [2.24, 2.45) is 0 Å². The zero-order valence-corrected chi connectivity index (χ0v) is 17.0. The summed E-state index contributed by atoms with van der Waals surface area (Å²) in [5, 5.41) is 7.01. The lowest BCUT2D eigenvalue weighted by Crippen LogP contribution is -2.36. The van der Waals surface area contributed by atoms with E-state index >= 15 is 0 Å². The van der Waals surface area contributed by atoms with Crippen LogP contribution in [-0.4, -0.2) is 33.3 Å². The van der Waals surface area contributed by atoms with Gasteiger partial charge in [-0.3, -0.25) is 4.79 Å². The SMILES string of the molecule is Cc1nc(C)n(CC(=O)NC[C@@H]2Cc3cc(F)cc(-c4ccc(F)c(C)c4)c3O2)n1. The van der Waals surface area contributed by atoms with E-state index in [4.69, 9.17) is 4.74 Å². The first kappa shape index (κ1) is 20.0. The monoisotopic (exact) mass is 412 g/mol. The number of aromatic nitrogens is 3. The van der Waals surface area contributed by atoms with Crippen molar-refractivity contribution in [3.63, 3.8) is 0 Å². The van der Waals surface area contributed by atoms with Gasteiger partial charge >= 0.3 is 0 Å². The maximum Gasteiger partial charge on any atom is 0.241 e. The van der Waals surface area contributed by atoms with Crippen molar-refractivity contribution in [3.8, 4) is 16.9 Å². The summed E-state index contributed by atoms with van der Waals surface area (Å²) in [6.45, 7) is 5.57. The molecular weight excluding hydrogens is 390 g/mol. The van der Waals surface area contributed by atoms with Crippen molar-refractivity contribution in [1.82, 2.24) is 20.1 Å². The molecule has 1 amide bonds. The van der Waals surface area contributed by atoms with Gasteiger partial charge in [-0.2, -0.15) is 5.10 Å². The summed E-state index contributed by atoms with van der Waals surface area (Å²) in [5.74, 6) is 0.956. The van der Waals surface area contributed by atoms with Crippen LogP contribution in [0.1, 0.15) is 22.8 Å². The topological polar surface area (TPSA) is 69.0 Å². The molecule has 0 unspecified atom stereocenters. The average molecular weight is 412 g/mol. The van der Waals surface area contributed by atoms with Crippen LogP contribution in [0.5, 0.6) is 5.75 Å². The zero-order valence-electron chi connectivity index (χ0n) is 17.0. The first-order valence-electron chi connectivity index (χ1n) is 9.70. The predicted octanol–water partition coefficient (Wildman–Crippen LogP) is 3.27. The number of nitrogens with one attached hydrogen (secondary N) is 1. The van der Waals surface area contributed by atoms with E-state index in [2.05, 4.69) is 15.4 Å². The van der Waals surface area contributed by atoms with E-state index in [1.165, 1.54) is 18.2 Å². The van der Waals surface area contributed by atoms with Crippen molar-refractivity contribution in [3.05, 3.63) is 64.7 Å². The summed E-state index contributed by atoms with van der Waals surface area (Å²) in [7, 11) is 0. The number of ether oxygens (including phenoxy) is 1. The van der Waals surface area contributed by atoms with E-state index in [1.807, 2.05) is 0 Å². The van der Waals surface area contributed by atoms with Crippen LogP contribution >= 0.6 is 0 Å². The number of amides is 1. The molecule has 0 aliphatic carbocycles. The second-order valence-electron chi connectivity index (χ2n) is 7.52. The van der Waals surface area contributed by atoms with Gasteiger partial charge < -0.3 is 10.1 Å². The van der Waals surface area contributed by atoms with E-state index in [0.717, 1.165) is 5.56 Å². The lowest BCUT2D eigenvalue weighted by Gasteiger charge is -2.14. The number of aryl methyl sites for hydroxylation is 3. The molecule has 156 valence electrons. The number of hydrogen-bond acceptors (Lipinski definition) is 4. The Hall–Kier alpha value is -3.29. The van der Waals surface area contributed by atoms with Gasteiger partial charge in [-0.1, -0.05) is 6.07 Å². The highest BCUT2D eigenvalue weighted by Crippen LogP contribution is 2.40. The van der Waals surface area contributed by atoms with Crippen LogP contribution < -0.4 is 10.1 Å². The number of fused-ring (bicyclic) bond motifs is 1. The van der Waals surface area contributed by atoms with E-state index in [9.17, 15) is 13.6 Å². The summed E-state index contributed by atoms with van der Waals surface area (Å²) in [6, 6.07) is 7.48. The zero-order chi connectivity index (χ0) is 21.4. The Morgan fingerprint density at radius 3 is 2.73 bits per heavy atom. The van der Waals surface area contributed by atoms with E-state index in [0.29, 0.717) is 40.5 Å². The molecule has 1 aromatic heterocycles. The smallest absolute Gasteiger partial charge is 0.241 e. The highest BCUT2D eigenvalue weighted by atomic mass is 19.1. The number of nitrogens with zero attached hydrogens (tertiary/aromatic N) is 3. The largest absolute Gasteiger partial charge is 0.487 e. The number of carbonyl (C=O) groups is 1. The molecule has 1 N–H and O–H groups in total. The Kier molecular flexibility index (Phi) is 5.24. The number of carbonyl (C=O) groups excluding carboxylic acids is 1. The number of rotatable bonds is 5. The molecular formula is C22H22F2N4O2. The second-order valence-corrected chi connectivity index (χ2v) is 7.52. The Morgan fingerprint density at radius 2 is 2.03 bits per heavy atom. The van der Waals surface area contributed by atoms with E-state index in [-0.39, 0.29) is 36.7 Å². The molecule has 0 spiro atoms. The minimum absolute atomic E-state index is 0.0705. The molecule has 1 aliphatic heterocycles. The third kappa shape index (κ3) is 4.03. The highest BCUT2D eigenvalue weighted by molar-refractivity contribution is 5.76. The van der Waals surface area contributed by atoms with Gasteiger partial charge in [0.25, 0.3) is 0 Å². The molecule has 1 atom stereocenters. The maximum absolute atomic E-state index is 14.2. The average Bonchev–Trinajstić information content (AvgIpc) is 3.23. The van der Waals surface area contributed by atoms with E-state index in [1.54, 1.807) is 37.6 Å². The maximum atomic E-state index is 14.2. The first-order chi connectivity index (χ1) is 14.3. The molecule has 8 heteroatoms. The van der Waals surface area contributed by atoms with Crippen LogP contribution in [-0.2, 0) is 17.8 Å². The summed E-state index contributed by atoms with van der Waals surface area (Å²) in [4.78, 5) is 16.4. The molecule has 6 nitrogen and oxygen atoms in total. The number of halogens is 2. The summed E-state index contributed by atoms with van der Waals surface area (Å²) in [5.41, 5.74) is 2.47. The van der Waals surface area contributed by atoms with Crippen molar-refractivity contribution in [2.45, 2.75) is 39.8 Å². The Balaban J connectivity index is 1.46. The minimum Gasteiger partial charge on any atom is -0.487 e. The quantitative estimate of drug-likeness (QED) is 0.698. The minimum atomic E-state index is -0.379. The summed E-state index contributed by atoms with van der Waals surface area (Å²) < 4.78 is 35.4. The molecule has 2 aromatic carbocycles. The predicted molar refractivity (Wildman–Crippen MR) is 107 cm³/mol. The molecule has 0 saturated carbocycles. The molecule has 30 heavy (non-hydrogen) atoms. The highest BCUT2D eigenvalue weighted by Gasteiger charge is 2.27. The van der Waals surface area contributed by atoms with Gasteiger partial charge in [-0.05, 0) is 56.2 Å². The summed E-state index contributed by atoms with van der Waals surface area (Å²) in [6.07, 6.45) is 0.159. The number of benzene rings is 2. The van der Waals surface area contributed by atoms with Gasteiger partial charge in [-0.15, -0.1) is 0 Å². The van der Waals surface area contributed by atoms with Crippen LogP contribution in [0.3, 0.4) is 0 Å². The Bertz CT molecular complexity index is 1130. The van der Waals surface area contributed by atoms with Gasteiger partial charge in [0.15, 0.2) is 0 Å². The van der Waals surface area contributed by atoms with Crippen molar-refractivity contribution in [1.29, 1.82) is 0 Å². The van der Waals surface area contributed by atoms with E-state index < -0.39 is 0 Å². The molecule has 0 fully saturated rings. The molecule has 0 bridgehead atoms. The molecule has 2 heterocycles.